The lowest BCUT2D eigenvalue weighted by Gasteiger charge is -2.08. The maximum absolute atomic E-state index is 13.0. The van der Waals surface area contributed by atoms with Crippen LogP contribution >= 0.6 is 0 Å². The molecule has 3 nitrogen and oxygen atoms in total. The largest absolute Gasteiger partial charge is 0.489 e. The van der Waals surface area contributed by atoms with Gasteiger partial charge in [0, 0.05) is 0 Å². The van der Waals surface area contributed by atoms with Crippen molar-refractivity contribution in [3.8, 4) is 5.75 Å². The maximum Gasteiger partial charge on any atom is 0.307 e. The minimum absolute atomic E-state index is 0.0169. The quantitative estimate of drug-likeness (QED) is 0.452. The summed E-state index contributed by atoms with van der Waals surface area (Å²) in [6.07, 6.45) is 3.04. The van der Waals surface area contributed by atoms with Crippen molar-refractivity contribution >= 4 is 23.2 Å². The summed E-state index contributed by atoms with van der Waals surface area (Å²) in [5.41, 5.74) is 8.32. The summed E-state index contributed by atoms with van der Waals surface area (Å²) in [5, 5.41) is 9.41. The number of rotatable bonds is 7. The first-order valence-corrected chi connectivity index (χ1v) is 10.7. The van der Waals surface area contributed by atoms with Crippen LogP contribution in [0.25, 0.3) is 17.2 Å². The molecule has 0 atom stereocenters. The van der Waals surface area contributed by atoms with E-state index in [1.54, 1.807) is 12.1 Å². The molecule has 4 rings (SSSR count). The monoisotopic (exact) mass is 428 g/mol. The Kier molecular flexibility index (Phi) is 6.22. The Morgan fingerprint density at radius 2 is 1.66 bits per heavy atom. The molecule has 1 aliphatic rings. The van der Waals surface area contributed by atoms with Crippen LogP contribution in [0.3, 0.4) is 0 Å². The maximum atomic E-state index is 13.0. The first-order chi connectivity index (χ1) is 15.4. The SMILES string of the molecule is CCc1ccc2c(c1)C(CC(=O)O)=C(C)/C2=C/c1ccc(COc2ccc(F)cc2)cc1. The minimum Gasteiger partial charge on any atom is -0.489 e. The van der Waals surface area contributed by atoms with Crippen LogP contribution in [0.4, 0.5) is 4.39 Å². The number of benzene rings is 3. The zero-order valence-electron chi connectivity index (χ0n) is 18.2. The van der Waals surface area contributed by atoms with E-state index in [-0.39, 0.29) is 12.2 Å². The molecule has 0 unspecified atom stereocenters. The molecule has 0 fully saturated rings. The van der Waals surface area contributed by atoms with Crippen molar-refractivity contribution < 1.29 is 19.0 Å². The van der Waals surface area contributed by atoms with Crippen LogP contribution in [0.15, 0.2) is 72.3 Å². The molecule has 3 aromatic carbocycles. The number of aryl methyl sites for hydroxylation is 1. The molecule has 162 valence electrons. The molecule has 1 aliphatic carbocycles. The number of allylic oxidation sites excluding steroid dienone is 2. The van der Waals surface area contributed by atoms with E-state index in [1.807, 2.05) is 31.2 Å². The molecular formula is C28H25FO3. The van der Waals surface area contributed by atoms with Gasteiger partial charge in [0.1, 0.15) is 18.2 Å². The topological polar surface area (TPSA) is 46.5 Å². The van der Waals surface area contributed by atoms with Gasteiger partial charge in [-0.15, -0.1) is 0 Å². The van der Waals surface area contributed by atoms with Gasteiger partial charge in [0.25, 0.3) is 0 Å². The summed E-state index contributed by atoms with van der Waals surface area (Å²) in [4.78, 5) is 11.5. The highest BCUT2D eigenvalue weighted by Crippen LogP contribution is 2.44. The van der Waals surface area contributed by atoms with Crippen molar-refractivity contribution in [3.63, 3.8) is 0 Å². The molecule has 1 N–H and O–H groups in total. The van der Waals surface area contributed by atoms with Crippen LogP contribution < -0.4 is 4.74 Å². The average molecular weight is 429 g/mol. The summed E-state index contributed by atoms with van der Waals surface area (Å²) >= 11 is 0. The molecule has 0 saturated carbocycles. The number of halogens is 1. The highest BCUT2D eigenvalue weighted by molar-refractivity contribution is 6.07. The van der Waals surface area contributed by atoms with Gasteiger partial charge < -0.3 is 9.84 Å². The Morgan fingerprint density at radius 3 is 2.31 bits per heavy atom. The Bertz CT molecular complexity index is 1200. The van der Waals surface area contributed by atoms with Gasteiger partial charge in [0.2, 0.25) is 0 Å². The predicted molar refractivity (Wildman–Crippen MR) is 126 cm³/mol. The van der Waals surface area contributed by atoms with E-state index >= 15 is 0 Å². The van der Waals surface area contributed by atoms with Crippen LogP contribution in [0.2, 0.25) is 0 Å². The number of carbonyl (C=O) groups is 1. The molecular weight excluding hydrogens is 403 g/mol. The van der Waals surface area contributed by atoms with Crippen molar-refractivity contribution in [2.75, 3.05) is 0 Å². The molecule has 0 spiro atoms. The van der Waals surface area contributed by atoms with Crippen LogP contribution in [-0.4, -0.2) is 11.1 Å². The zero-order chi connectivity index (χ0) is 22.7. The van der Waals surface area contributed by atoms with Gasteiger partial charge >= 0.3 is 5.97 Å². The molecule has 0 amide bonds. The second kappa shape index (κ2) is 9.23. The van der Waals surface area contributed by atoms with Gasteiger partial charge in [-0.25, -0.2) is 4.39 Å². The molecule has 32 heavy (non-hydrogen) atoms. The molecule has 0 saturated heterocycles. The molecule has 3 aromatic rings. The summed E-state index contributed by atoms with van der Waals surface area (Å²) in [6.45, 7) is 4.50. The van der Waals surface area contributed by atoms with Gasteiger partial charge in [0.05, 0.1) is 6.42 Å². The number of fused-ring (bicyclic) bond motifs is 1. The van der Waals surface area contributed by atoms with E-state index < -0.39 is 5.97 Å². The van der Waals surface area contributed by atoms with Crippen LogP contribution in [0, 0.1) is 5.82 Å². The van der Waals surface area contributed by atoms with E-state index in [0.717, 1.165) is 45.4 Å². The third-order valence-electron chi connectivity index (χ3n) is 5.80. The standard InChI is InChI=1S/C28H25FO3/c1-3-19-8-13-24-25(18(2)26(16-28(30)31)27(24)14-19)15-20-4-6-21(7-5-20)17-32-23-11-9-22(29)10-12-23/h4-15H,3,16-17H2,1-2H3,(H,30,31)/b25-15-. The second-order valence-electron chi connectivity index (χ2n) is 7.95. The lowest BCUT2D eigenvalue weighted by Crippen LogP contribution is -1.97. The van der Waals surface area contributed by atoms with E-state index in [4.69, 9.17) is 4.74 Å². The van der Waals surface area contributed by atoms with Crippen molar-refractivity contribution in [2.45, 2.75) is 33.3 Å². The summed E-state index contributed by atoms with van der Waals surface area (Å²) in [6, 6.07) is 20.4. The lowest BCUT2D eigenvalue weighted by atomic mass is 9.97. The van der Waals surface area contributed by atoms with Gasteiger partial charge in [-0.05, 0) is 88.2 Å². The predicted octanol–water partition coefficient (Wildman–Crippen LogP) is 6.77. The molecule has 0 aliphatic heterocycles. The van der Waals surface area contributed by atoms with Gasteiger partial charge in [-0.3, -0.25) is 4.79 Å². The minimum atomic E-state index is -0.820. The fraction of sp³-hybridized carbons (Fsp3) is 0.179. The number of carboxylic acid groups (broad SMARTS) is 1. The molecule has 0 aromatic heterocycles. The third-order valence-corrected chi connectivity index (χ3v) is 5.80. The summed E-state index contributed by atoms with van der Waals surface area (Å²) in [5.74, 6) is -0.484. The Labute approximate surface area is 187 Å². The van der Waals surface area contributed by atoms with Crippen molar-refractivity contribution in [2.24, 2.45) is 0 Å². The Balaban J connectivity index is 1.58. The van der Waals surface area contributed by atoms with Gasteiger partial charge in [-0.1, -0.05) is 49.4 Å². The fourth-order valence-corrected chi connectivity index (χ4v) is 4.00. The van der Waals surface area contributed by atoms with Crippen molar-refractivity contribution in [3.05, 3.63) is 106 Å². The van der Waals surface area contributed by atoms with Gasteiger partial charge in [0.15, 0.2) is 0 Å². The Hall–Kier alpha value is -3.66. The Morgan fingerprint density at radius 1 is 0.969 bits per heavy atom. The van der Waals surface area contributed by atoms with Crippen molar-refractivity contribution in [1.82, 2.24) is 0 Å². The van der Waals surface area contributed by atoms with Crippen LogP contribution in [0.1, 0.15) is 48.1 Å². The summed E-state index contributed by atoms with van der Waals surface area (Å²) < 4.78 is 18.7. The first kappa shape index (κ1) is 21.6. The van der Waals surface area contributed by atoms with E-state index in [0.29, 0.717) is 12.4 Å². The van der Waals surface area contributed by atoms with E-state index in [9.17, 15) is 14.3 Å². The molecule has 0 radical (unpaired) electrons. The van der Waals surface area contributed by atoms with E-state index in [2.05, 4.69) is 31.2 Å². The normalized spacial score (nSPS) is 14.0. The van der Waals surface area contributed by atoms with Gasteiger partial charge in [-0.2, -0.15) is 0 Å². The number of hydrogen-bond donors (Lipinski definition) is 1. The highest BCUT2D eigenvalue weighted by Gasteiger charge is 2.25. The summed E-state index contributed by atoms with van der Waals surface area (Å²) in [7, 11) is 0. The number of ether oxygens (including phenoxy) is 1. The zero-order valence-corrected chi connectivity index (χ0v) is 18.2. The van der Waals surface area contributed by atoms with E-state index in [1.165, 1.54) is 17.7 Å². The molecule has 0 heterocycles. The molecule has 0 bridgehead atoms. The number of hydrogen-bond acceptors (Lipinski definition) is 2. The first-order valence-electron chi connectivity index (χ1n) is 10.7. The third kappa shape index (κ3) is 4.65. The fourth-order valence-electron chi connectivity index (χ4n) is 4.00. The number of aliphatic carboxylic acids is 1. The smallest absolute Gasteiger partial charge is 0.307 e. The van der Waals surface area contributed by atoms with Crippen molar-refractivity contribution in [1.29, 1.82) is 0 Å². The van der Waals surface area contributed by atoms with Crippen LogP contribution in [-0.2, 0) is 17.8 Å². The number of carboxylic acids is 1. The highest BCUT2D eigenvalue weighted by atomic mass is 19.1. The van der Waals surface area contributed by atoms with Crippen LogP contribution in [0.5, 0.6) is 5.75 Å². The lowest BCUT2D eigenvalue weighted by molar-refractivity contribution is -0.135. The second-order valence-corrected chi connectivity index (χ2v) is 7.95. The average Bonchev–Trinajstić information content (AvgIpc) is 3.04. The molecule has 4 heteroatoms.